The molecule has 0 spiro atoms. The minimum atomic E-state index is 0.634. The van der Waals surface area contributed by atoms with Gasteiger partial charge in [0.15, 0.2) is 0 Å². The van der Waals surface area contributed by atoms with Gasteiger partial charge in [-0.25, -0.2) is 0 Å². The summed E-state index contributed by atoms with van der Waals surface area (Å²) in [4.78, 5) is 3.09. The first-order valence-electron chi connectivity index (χ1n) is 4.55. The van der Waals surface area contributed by atoms with Gasteiger partial charge in [0, 0.05) is 0 Å². The Bertz CT molecular complexity index is 278. The molecule has 1 aliphatic rings. The van der Waals surface area contributed by atoms with E-state index in [2.05, 4.69) is 55.3 Å². The van der Waals surface area contributed by atoms with Crippen molar-refractivity contribution in [2.75, 3.05) is 7.05 Å². The topological polar surface area (TPSA) is 3.24 Å². The van der Waals surface area contributed by atoms with Crippen molar-refractivity contribution in [3.63, 3.8) is 0 Å². The fraction of sp³-hybridized carbons (Fsp3) is 0.400. The average molecular weight is 237 g/mol. The molecule has 0 bridgehead atoms. The van der Waals surface area contributed by atoms with Gasteiger partial charge in [0.05, 0.1) is 0 Å². The minimum absolute atomic E-state index is 0.634. The third-order valence-electron chi connectivity index (χ3n) is 2.58. The molecule has 0 saturated carbocycles. The van der Waals surface area contributed by atoms with Gasteiger partial charge in [-0.15, -0.1) is 0 Å². The molecule has 2 unspecified atom stereocenters. The van der Waals surface area contributed by atoms with E-state index in [1.54, 1.807) is 0 Å². The second-order valence-electron chi connectivity index (χ2n) is 3.48. The van der Waals surface area contributed by atoms with Crippen molar-refractivity contribution < 1.29 is 0 Å². The Morgan fingerprint density at radius 2 is 2.00 bits per heavy atom. The fourth-order valence-corrected chi connectivity index (χ4v) is 4.20. The summed E-state index contributed by atoms with van der Waals surface area (Å²) in [6, 6.07) is 11.5. The SMILES string of the molecule is CC1C(c2ccccc2)[Se][B]N1C. The number of likely N-dealkylation sites (N-methyl/N-ethyl adjacent to an activating group) is 1. The van der Waals surface area contributed by atoms with Gasteiger partial charge in [-0.3, -0.25) is 0 Å². The molecule has 1 nitrogen and oxygen atoms in total. The van der Waals surface area contributed by atoms with Gasteiger partial charge in [0.2, 0.25) is 0 Å². The van der Waals surface area contributed by atoms with Gasteiger partial charge in [-0.2, -0.15) is 0 Å². The molecule has 2 rings (SSSR count). The maximum atomic E-state index is 2.36. The summed E-state index contributed by atoms with van der Waals surface area (Å²) in [5, 5.41) is 0. The van der Waals surface area contributed by atoms with Gasteiger partial charge in [-0.05, 0) is 0 Å². The van der Waals surface area contributed by atoms with Crippen LogP contribution in [-0.2, 0) is 0 Å². The monoisotopic (exact) mass is 238 g/mol. The van der Waals surface area contributed by atoms with Crippen LogP contribution in [0.2, 0.25) is 0 Å². The summed E-state index contributed by atoms with van der Waals surface area (Å²) in [7, 11) is 2.18. The number of nitrogens with zero attached hydrogens (tertiary/aromatic N) is 1. The molecule has 2 atom stereocenters. The van der Waals surface area contributed by atoms with Crippen LogP contribution < -0.4 is 0 Å². The summed E-state index contributed by atoms with van der Waals surface area (Å²) in [5.74, 6) is 0. The van der Waals surface area contributed by atoms with Crippen LogP contribution in [0.25, 0.3) is 0 Å². The summed E-state index contributed by atoms with van der Waals surface area (Å²) < 4.78 is 0. The van der Waals surface area contributed by atoms with Gasteiger partial charge < -0.3 is 0 Å². The summed E-state index contributed by atoms with van der Waals surface area (Å²) >= 11 is 0.634. The van der Waals surface area contributed by atoms with Crippen LogP contribution in [0, 0.1) is 0 Å². The fourth-order valence-electron chi connectivity index (χ4n) is 1.58. The Kier molecular flexibility index (Phi) is 2.78. The van der Waals surface area contributed by atoms with Gasteiger partial charge in [0.1, 0.15) is 0 Å². The molecule has 1 fully saturated rings. The zero-order valence-corrected chi connectivity index (χ0v) is 9.69. The van der Waals surface area contributed by atoms with Gasteiger partial charge >= 0.3 is 86.5 Å². The van der Waals surface area contributed by atoms with Crippen molar-refractivity contribution in [3.05, 3.63) is 35.9 Å². The standard InChI is InChI=1S/C10H13BNSe/c1-8-10(13-11-12(8)2)9-6-4-3-5-7-9/h3-8,10H,1-2H3. The predicted octanol–water partition coefficient (Wildman–Crippen LogP) is 1.30. The third-order valence-corrected chi connectivity index (χ3v) is 5.55. The Labute approximate surface area is 86.8 Å². The van der Waals surface area contributed by atoms with Crippen LogP contribution >= 0.6 is 0 Å². The molecule has 13 heavy (non-hydrogen) atoms. The molecule has 3 heteroatoms. The molecule has 1 aromatic rings. The van der Waals surface area contributed by atoms with Crippen LogP contribution in [0.4, 0.5) is 0 Å². The first-order chi connectivity index (χ1) is 6.29. The van der Waals surface area contributed by atoms with E-state index < -0.39 is 0 Å². The van der Waals surface area contributed by atoms with Crippen molar-refractivity contribution in [2.45, 2.75) is 17.8 Å². The number of hydrogen-bond acceptors (Lipinski definition) is 1. The van der Waals surface area contributed by atoms with Crippen molar-refractivity contribution in [1.29, 1.82) is 0 Å². The third kappa shape index (κ3) is 1.83. The molecule has 1 radical (unpaired) electrons. The Morgan fingerprint density at radius 1 is 1.31 bits per heavy atom. The summed E-state index contributed by atoms with van der Waals surface area (Å²) in [5.41, 5.74) is 1.50. The maximum absolute atomic E-state index is 2.36. The molecule has 0 amide bonds. The molecule has 1 heterocycles. The molecule has 67 valence electrons. The molecular formula is C10H13BNSe. The number of hydrogen-bond donors (Lipinski definition) is 0. The van der Waals surface area contributed by atoms with E-state index in [1.165, 1.54) is 5.56 Å². The van der Waals surface area contributed by atoms with Crippen molar-refractivity contribution in [1.82, 2.24) is 4.81 Å². The second-order valence-corrected chi connectivity index (χ2v) is 5.56. The van der Waals surface area contributed by atoms with E-state index in [4.69, 9.17) is 0 Å². The van der Waals surface area contributed by atoms with Gasteiger partial charge in [0.25, 0.3) is 0 Å². The van der Waals surface area contributed by atoms with E-state index in [0.717, 1.165) is 4.82 Å². The Balaban J connectivity index is 2.19. The van der Waals surface area contributed by atoms with Crippen LogP contribution in [-0.4, -0.2) is 38.9 Å². The van der Waals surface area contributed by atoms with Gasteiger partial charge in [-0.1, -0.05) is 0 Å². The number of rotatable bonds is 1. The van der Waals surface area contributed by atoms with Crippen LogP contribution in [0.3, 0.4) is 0 Å². The average Bonchev–Trinajstić information content (AvgIpc) is 2.49. The Morgan fingerprint density at radius 3 is 2.54 bits per heavy atom. The molecule has 1 aromatic carbocycles. The van der Waals surface area contributed by atoms with Crippen molar-refractivity contribution in [2.24, 2.45) is 0 Å². The van der Waals surface area contributed by atoms with E-state index in [0.29, 0.717) is 20.8 Å². The van der Waals surface area contributed by atoms with Crippen LogP contribution in [0.1, 0.15) is 17.3 Å². The Hall–Kier alpha value is -0.236. The van der Waals surface area contributed by atoms with E-state index in [9.17, 15) is 0 Å². The van der Waals surface area contributed by atoms with E-state index in [1.807, 2.05) is 0 Å². The molecule has 1 saturated heterocycles. The first-order valence-corrected chi connectivity index (χ1v) is 6.52. The van der Waals surface area contributed by atoms with E-state index in [-0.39, 0.29) is 0 Å². The molecule has 1 aliphatic heterocycles. The van der Waals surface area contributed by atoms with Crippen molar-refractivity contribution in [3.8, 4) is 0 Å². The quantitative estimate of drug-likeness (QED) is 0.665. The zero-order chi connectivity index (χ0) is 9.26. The van der Waals surface area contributed by atoms with Crippen LogP contribution in [0.5, 0.6) is 0 Å². The summed E-state index contributed by atoms with van der Waals surface area (Å²) in [6.07, 6.45) is 2.36. The normalized spacial score (nSPS) is 28.8. The first kappa shape index (κ1) is 9.32. The molecular weight excluding hydrogens is 224 g/mol. The van der Waals surface area contributed by atoms with Crippen LogP contribution in [0.15, 0.2) is 30.3 Å². The van der Waals surface area contributed by atoms with Crippen molar-refractivity contribution >= 4 is 21.0 Å². The molecule has 0 aliphatic carbocycles. The second kappa shape index (κ2) is 3.87. The molecule has 0 N–H and O–H groups in total. The summed E-state index contributed by atoms with van der Waals surface area (Å²) in [6.45, 7) is 2.31. The number of benzene rings is 1. The zero-order valence-electron chi connectivity index (χ0n) is 7.97. The molecule has 0 aromatic heterocycles. The predicted molar refractivity (Wildman–Crippen MR) is 57.9 cm³/mol. The van der Waals surface area contributed by atoms with E-state index >= 15 is 0 Å².